The molecule has 0 saturated carbocycles. The van der Waals surface area contributed by atoms with E-state index in [9.17, 15) is 0 Å². The summed E-state index contributed by atoms with van der Waals surface area (Å²) in [6, 6.07) is 15.8. The maximum absolute atomic E-state index is 9.06. The molecule has 1 aromatic carbocycles. The van der Waals surface area contributed by atoms with Crippen LogP contribution in [0.2, 0.25) is 0 Å². The van der Waals surface area contributed by atoms with E-state index in [0.717, 1.165) is 47.6 Å². The lowest BCUT2D eigenvalue weighted by molar-refractivity contribution is 0.122. The maximum atomic E-state index is 9.06. The summed E-state index contributed by atoms with van der Waals surface area (Å²) in [5.74, 6) is 0.689. The van der Waals surface area contributed by atoms with Gasteiger partial charge in [0.2, 0.25) is 0 Å². The summed E-state index contributed by atoms with van der Waals surface area (Å²) in [5.41, 5.74) is 2.68. The number of ether oxygens (including phenoxy) is 1. The fourth-order valence-corrected chi connectivity index (χ4v) is 4.01. The number of benzene rings is 1. The van der Waals surface area contributed by atoms with E-state index in [4.69, 9.17) is 15.0 Å². The van der Waals surface area contributed by atoms with Gasteiger partial charge in [0.05, 0.1) is 42.0 Å². The molecule has 0 aliphatic carbocycles. The van der Waals surface area contributed by atoms with Crippen LogP contribution in [0.4, 0.5) is 10.9 Å². The van der Waals surface area contributed by atoms with Crippen LogP contribution in [0.15, 0.2) is 48.7 Å². The predicted molar refractivity (Wildman–Crippen MR) is 107 cm³/mol. The Morgan fingerprint density at radius 3 is 2.78 bits per heavy atom. The van der Waals surface area contributed by atoms with E-state index in [0.29, 0.717) is 17.9 Å². The Balaban J connectivity index is 1.61. The lowest BCUT2D eigenvalue weighted by atomic mass is 10.1. The fourth-order valence-electron chi connectivity index (χ4n) is 2.94. The van der Waals surface area contributed by atoms with Crippen LogP contribution in [-0.4, -0.2) is 36.3 Å². The lowest BCUT2D eigenvalue weighted by Gasteiger charge is -2.26. The van der Waals surface area contributed by atoms with Crippen molar-refractivity contribution in [3.8, 4) is 17.3 Å². The molecule has 1 N–H and O–H groups in total. The van der Waals surface area contributed by atoms with Crippen LogP contribution in [0.3, 0.4) is 0 Å². The van der Waals surface area contributed by atoms with Gasteiger partial charge in [-0.15, -0.1) is 0 Å². The first kappa shape index (κ1) is 17.5. The zero-order valence-electron chi connectivity index (χ0n) is 14.8. The smallest absolute Gasteiger partial charge is 0.186 e. The van der Waals surface area contributed by atoms with Crippen LogP contribution in [0.25, 0.3) is 11.3 Å². The molecule has 0 spiro atoms. The van der Waals surface area contributed by atoms with Crippen molar-refractivity contribution in [1.82, 2.24) is 9.97 Å². The maximum Gasteiger partial charge on any atom is 0.186 e. The minimum atomic E-state index is 0.592. The third-order valence-corrected chi connectivity index (χ3v) is 5.45. The summed E-state index contributed by atoms with van der Waals surface area (Å²) in [5, 5.41) is 13.4. The van der Waals surface area contributed by atoms with E-state index < -0.39 is 0 Å². The van der Waals surface area contributed by atoms with Crippen LogP contribution in [0, 0.1) is 11.3 Å². The van der Waals surface area contributed by atoms with Crippen molar-refractivity contribution in [3.05, 3.63) is 59.1 Å². The van der Waals surface area contributed by atoms with Gasteiger partial charge in [-0.2, -0.15) is 5.26 Å². The van der Waals surface area contributed by atoms with Gasteiger partial charge in [-0.3, -0.25) is 0 Å². The first-order valence-corrected chi connectivity index (χ1v) is 9.63. The van der Waals surface area contributed by atoms with Crippen molar-refractivity contribution in [1.29, 1.82) is 5.26 Å². The third kappa shape index (κ3) is 4.08. The standard InChI is InChI=1S/C20H19N5OS/c21-13-15-6-7-22-18(12-15)23-14-17-19(16-4-2-1-3-5-16)24-20(27-17)25-8-10-26-11-9-25/h1-7,12H,8-11,14H2,(H,22,23). The molecule has 0 amide bonds. The number of rotatable bonds is 5. The first-order valence-electron chi connectivity index (χ1n) is 8.81. The molecule has 4 rings (SSSR count). The Hall–Kier alpha value is -2.95. The highest BCUT2D eigenvalue weighted by molar-refractivity contribution is 7.16. The van der Waals surface area contributed by atoms with E-state index in [2.05, 4.69) is 33.4 Å². The van der Waals surface area contributed by atoms with Gasteiger partial charge in [0.1, 0.15) is 5.82 Å². The second kappa shape index (κ2) is 8.16. The second-order valence-corrected chi connectivity index (χ2v) is 7.19. The summed E-state index contributed by atoms with van der Waals surface area (Å²) in [7, 11) is 0. The monoisotopic (exact) mass is 377 g/mol. The number of anilines is 2. The number of thiazole rings is 1. The van der Waals surface area contributed by atoms with Crippen molar-refractivity contribution in [2.75, 3.05) is 36.5 Å². The molecule has 7 heteroatoms. The molecular weight excluding hydrogens is 358 g/mol. The molecule has 27 heavy (non-hydrogen) atoms. The number of nitriles is 1. The van der Waals surface area contributed by atoms with Gasteiger partial charge in [0.25, 0.3) is 0 Å². The second-order valence-electron chi connectivity index (χ2n) is 6.13. The number of pyridine rings is 1. The molecule has 0 radical (unpaired) electrons. The van der Waals surface area contributed by atoms with Gasteiger partial charge in [0, 0.05) is 24.8 Å². The summed E-state index contributed by atoms with van der Waals surface area (Å²) in [4.78, 5) is 12.6. The summed E-state index contributed by atoms with van der Waals surface area (Å²) in [6.45, 7) is 3.80. The van der Waals surface area contributed by atoms with Gasteiger partial charge in [-0.1, -0.05) is 41.7 Å². The van der Waals surface area contributed by atoms with Crippen LogP contribution in [0.5, 0.6) is 0 Å². The van der Waals surface area contributed by atoms with Crippen LogP contribution in [-0.2, 0) is 11.3 Å². The average Bonchev–Trinajstić information content (AvgIpc) is 3.18. The van der Waals surface area contributed by atoms with Crippen molar-refractivity contribution in [2.24, 2.45) is 0 Å². The number of morpholine rings is 1. The van der Waals surface area contributed by atoms with E-state index in [1.807, 2.05) is 18.2 Å². The Kier molecular flexibility index (Phi) is 5.28. The molecule has 136 valence electrons. The largest absolute Gasteiger partial charge is 0.378 e. The molecule has 1 saturated heterocycles. The van der Waals surface area contributed by atoms with E-state index in [-0.39, 0.29) is 0 Å². The molecule has 0 unspecified atom stereocenters. The number of nitrogens with zero attached hydrogens (tertiary/aromatic N) is 4. The van der Waals surface area contributed by atoms with Gasteiger partial charge in [0.15, 0.2) is 5.13 Å². The van der Waals surface area contributed by atoms with Gasteiger partial charge < -0.3 is 15.0 Å². The molecule has 6 nitrogen and oxygen atoms in total. The molecular formula is C20H19N5OS. The normalized spacial score (nSPS) is 14.0. The van der Waals surface area contributed by atoms with Gasteiger partial charge in [-0.05, 0) is 12.1 Å². The van der Waals surface area contributed by atoms with Crippen LogP contribution in [0.1, 0.15) is 10.4 Å². The highest BCUT2D eigenvalue weighted by atomic mass is 32.1. The average molecular weight is 377 g/mol. The van der Waals surface area contributed by atoms with E-state index >= 15 is 0 Å². The SMILES string of the molecule is N#Cc1ccnc(NCc2sc(N3CCOCC3)nc2-c2ccccc2)c1. The Bertz CT molecular complexity index is 945. The van der Waals surface area contributed by atoms with Crippen molar-refractivity contribution in [3.63, 3.8) is 0 Å². The zero-order valence-corrected chi connectivity index (χ0v) is 15.6. The Morgan fingerprint density at radius 1 is 1.19 bits per heavy atom. The Labute approximate surface area is 162 Å². The molecule has 1 aliphatic heterocycles. The summed E-state index contributed by atoms with van der Waals surface area (Å²) < 4.78 is 5.46. The molecule has 3 aromatic rings. The fraction of sp³-hybridized carbons (Fsp3) is 0.250. The van der Waals surface area contributed by atoms with Gasteiger partial charge in [-0.25, -0.2) is 9.97 Å². The van der Waals surface area contributed by atoms with Crippen molar-refractivity contribution < 1.29 is 4.74 Å². The Morgan fingerprint density at radius 2 is 2.00 bits per heavy atom. The van der Waals surface area contributed by atoms with Crippen molar-refractivity contribution >= 4 is 22.3 Å². The van der Waals surface area contributed by atoms with Gasteiger partial charge >= 0.3 is 0 Å². The topological polar surface area (TPSA) is 74.1 Å². The zero-order chi connectivity index (χ0) is 18.5. The molecule has 2 aromatic heterocycles. The number of hydrogen-bond donors (Lipinski definition) is 1. The highest BCUT2D eigenvalue weighted by Gasteiger charge is 2.19. The first-order chi connectivity index (χ1) is 13.3. The van der Waals surface area contributed by atoms with Crippen molar-refractivity contribution in [2.45, 2.75) is 6.54 Å². The molecule has 0 bridgehead atoms. The minimum absolute atomic E-state index is 0.592. The predicted octanol–water partition coefficient (Wildman–Crippen LogP) is 3.53. The number of aromatic nitrogens is 2. The van der Waals surface area contributed by atoms with E-state index in [1.54, 1.807) is 29.7 Å². The molecule has 1 aliphatic rings. The summed E-state index contributed by atoms with van der Waals surface area (Å²) >= 11 is 1.69. The highest BCUT2D eigenvalue weighted by Crippen LogP contribution is 2.34. The molecule has 1 fully saturated rings. The molecule has 0 atom stereocenters. The number of hydrogen-bond acceptors (Lipinski definition) is 7. The third-order valence-electron chi connectivity index (χ3n) is 4.33. The minimum Gasteiger partial charge on any atom is -0.378 e. The number of nitrogens with one attached hydrogen (secondary N) is 1. The van der Waals surface area contributed by atoms with Crippen LogP contribution >= 0.6 is 11.3 Å². The quantitative estimate of drug-likeness (QED) is 0.733. The summed E-state index contributed by atoms with van der Waals surface area (Å²) in [6.07, 6.45) is 1.64. The molecule has 3 heterocycles. The lowest BCUT2D eigenvalue weighted by Crippen LogP contribution is -2.36. The van der Waals surface area contributed by atoms with E-state index in [1.165, 1.54) is 0 Å². The van der Waals surface area contributed by atoms with Crippen LogP contribution < -0.4 is 10.2 Å².